The highest BCUT2D eigenvalue weighted by Crippen LogP contribution is 1.89. The molecule has 0 atom stereocenters. The lowest BCUT2D eigenvalue weighted by molar-refractivity contribution is -0.125. The molecule has 0 aliphatic rings. The van der Waals surface area contributed by atoms with Crippen LogP contribution in [0.5, 0.6) is 0 Å². The Balaban J connectivity index is 3.98. The van der Waals surface area contributed by atoms with Gasteiger partial charge in [0.15, 0.2) is 5.96 Å². The number of nitrogens with two attached hydrogens (primary N) is 1. The van der Waals surface area contributed by atoms with Crippen LogP contribution in [-0.4, -0.2) is 23.3 Å². The van der Waals surface area contributed by atoms with E-state index in [0.717, 1.165) is 0 Å². The van der Waals surface area contributed by atoms with Crippen LogP contribution >= 0.6 is 0 Å². The Labute approximate surface area is 60.5 Å². The maximum Gasteiger partial charge on any atom is 0.226 e. The van der Waals surface area contributed by atoms with Crippen molar-refractivity contribution < 1.29 is 4.79 Å². The molecule has 0 aromatic heterocycles. The van der Waals surface area contributed by atoms with Gasteiger partial charge in [0, 0.05) is 13.5 Å². The summed E-state index contributed by atoms with van der Waals surface area (Å²) in [5.74, 6) is -0.424. The second-order valence-electron chi connectivity index (χ2n) is 1.91. The van der Waals surface area contributed by atoms with Gasteiger partial charge in [0.05, 0.1) is 0 Å². The smallest absolute Gasteiger partial charge is 0.226 e. The van der Waals surface area contributed by atoms with Crippen molar-refractivity contribution in [3.63, 3.8) is 0 Å². The van der Waals surface area contributed by atoms with Gasteiger partial charge in [-0.25, -0.2) is 0 Å². The van der Waals surface area contributed by atoms with E-state index in [0.29, 0.717) is 13.0 Å². The van der Waals surface area contributed by atoms with Crippen LogP contribution in [-0.2, 0) is 4.79 Å². The maximum atomic E-state index is 10.7. The molecule has 1 radical (unpaired) electrons. The van der Waals surface area contributed by atoms with Crippen LogP contribution in [0.1, 0.15) is 13.3 Å². The highest BCUT2D eigenvalue weighted by molar-refractivity contribution is 5.93. The van der Waals surface area contributed by atoms with Gasteiger partial charge in [-0.2, -0.15) is 0 Å². The fourth-order valence-corrected chi connectivity index (χ4v) is 0.606. The molecule has 0 aromatic rings. The SMILES string of the molecule is [CH2]CCN(C(=N)N)C(C)=O. The topological polar surface area (TPSA) is 70.2 Å². The van der Waals surface area contributed by atoms with E-state index < -0.39 is 0 Å². The predicted molar refractivity (Wildman–Crippen MR) is 39.3 cm³/mol. The Bertz CT molecular complexity index is 130. The summed E-state index contributed by atoms with van der Waals surface area (Å²) in [6, 6.07) is 0. The zero-order valence-electron chi connectivity index (χ0n) is 6.05. The van der Waals surface area contributed by atoms with Crippen molar-refractivity contribution in [2.75, 3.05) is 6.54 Å². The minimum Gasteiger partial charge on any atom is -0.370 e. The summed E-state index contributed by atoms with van der Waals surface area (Å²) in [5, 5.41) is 6.94. The van der Waals surface area contributed by atoms with E-state index >= 15 is 0 Å². The van der Waals surface area contributed by atoms with Crippen LogP contribution in [0.3, 0.4) is 0 Å². The van der Waals surface area contributed by atoms with Gasteiger partial charge in [-0.15, -0.1) is 0 Å². The van der Waals surface area contributed by atoms with Crippen LogP contribution < -0.4 is 5.73 Å². The molecule has 0 saturated carbocycles. The minimum atomic E-state index is -0.212. The molecule has 10 heavy (non-hydrogen) atoms. The monoisotopic (exact) mass is 142 g/mol. The number of guanidine groups is 1. The predicted octanol–water partition coefficient (Wildman–Crippen LogP) is -0.0474. The Morgan fingerprint density at radius 3 is 2.40 bits per heavy atom. The molecule has 0 spiro atoms. The molecule has 0 rings (SSSR count). The summed E-state index contributed by atoms with van der Waals surface area (Å²) in [5.41, 5.74) is 5.08. The lowest BCUT2D eigenvalue weighted by atomic mass is 10.4. The Hall–Kier alpha value is -1.06. The van der Waals surface area contributed by atoms with Gasteiger partial charge in [-0.05, 0) is 6.42 Å². The molecule has 0 aliphatic heterocycles. The lowest BCUT2D eigenvalue weighted by Gasteiger charge is -2.16. The first kappa shape index (κ1) is 8.94. The molecular weight excluding hydrogens is 130 g/mol. The number of amides is 1. The van der Waals surface area contributed by atoms with Crippen molar-refractivity contribution in [2.45, 2.75) is 13.3 Å². The molecule has 4 heteroatoms. The molecule has 0 aromatic carbocycles. The van der Waals surface area contributed by atoms with E-state index in [1.165, 1.54) is 11.8 Å². The summed E-state index contributed by atoms with van der Waals surface area (Å²) >= 11 is 0. The third-order valence-corrected chi connectivity index (χ3v) is 1.05. The van der Waals surface area contributed by atoms with Gasteiger partial charge in [0.2, 0.25) is 5.91 Å². The molecule has 3 N–H and O–H groups in total. The Morgan fingerprint density at radius 2 is 2.30 bits per heavy atom. The van der Waals surface area contributed by atoms with E-state index in [1.807, 2.05) is 0 Å². The lowest BCUT2D eigenvalue weighted by Crippen LogP contribution is -2.40. The number of rotatable bonds is 2. The van der Waals surface area contributed by atoms with Gasteiger partial charge in [-0.3, -0.25) is 15.1 Å². The molecule has 0 aliphatic carbocycles. The van der Waals surface area contributed by atoms with E-state index in [2.05, 4.69) is 6.92 Å². The summed E-state index contributed by atoms with van der Waals surface area (Å²) in [7, 11) is 0. The van der Waals surface area contributed by atoms with Crippen molar-refractivity contribution in [1.29, 1.82) is 5.41 Å². The molecule has 0 unspecified atom stereocenters. The van der Waals surface area contributed by atoms with Crippen molar-refractivity contribution in [3.05, 3.63) is 6.92 Å². The highest BCUT2D eigenvalue weighted by Gasteiger charge is 2.08. The molecule has 0 saturated heterocycles. The first-order valence-corrected chi connectivity index (χ1v) is 3.01. The van der Waals surface area contributed by atoms with Crippen LogP contribution in [0, 0.1) is 12.3 Å². The third-order valence-electron chi connectivity index (χ3n) is 1.05. The zero-order chi connectivity index (χ0) is 8.15. The van der Waals surface area contributed by atoms with Gasteiger partial charge >= 0.3 is 0 Å². The Kier molecular flexibility index (Phi) is 3.46. The first-order valence-electron chi connectivity index (χ1n) is 3.01. The number of hydrogen-bond donors (Lipinski definition) is 2. The summed E-state index contributed by atoms with van der Waals surface area (Å²) in [6.07, 6.45) is 0.569. The van der Waals surface area contributed by atoms with E-state index in [-0.39, 0.29) is 11.9 Å². The molecular formula is C6H12N3O. The average Bonchev–Trinajstić information content (AvgIpc) is 1.81. The van der Waals surface area contributed by atoms with Crippen molar-refractivity contribution in [3.8, 4) is 0 Å². The normalized spacial score (nSPS) is 9.00. The van der Waals surface area contributed by atoms with Gasteiger partial charge in [0.1, 0.15) is 0 Å². The fraction of sp³-hybridized carbons (Fsp3) is 0.500. The number of hydrogen-bond acceptors (Lipinski definition) is 2. The molecule has 0 bridgehead atoms. The maximum absolute atomic E-state index is 10.7. The van der Waals surface area contributed by atoms with E-state index in [1.54, 1.807) is 0 Å². The van der Waals surface area contributed by atoms with Crippen LogP contribution in [0.15, 0.2) is 0 Å². The molecule has 0 heterocycles. The standard InChI is InChI=1S/C6H12N3O/c1-3-4-9(5(2)10)6(7)8/h1,3-4H2,2H3,(H3,7,8). The molecule has 0 fully saturated rings. The second kappa shape index (κ2) is 3.87. The van der Waals surface area contributed by atoms with Crippen LogP contribution in [0.25, 0.3) is 0 Å². The largest absolute Gasteiger partial charge is 0.370 e. The summed E-state index contributed by atoms with van der Waals surface area (Å²) in [4.78, 5) is 11.8. The number of carbonyl (C=O) groups is 1. The summed E-state index contributed by atoms with van der Waals surface area (Å²) in [6.45, 7) is 5.34. The molecule has 57 valence electrons. The molecule has 1 amide bonds. The second-order valence-corrected chi connectivity index (χ2v) is 1.91. The fourth-order valence-electron chi connectivity index (χ4n) is 0.606. The number of nitrogens with one attached hydrogen (secondary N) is 1. The van der Waals surface area contributed by atoms with Crippen molar-refractivity contribution in [2.24, 2.45) is 5.73 Å². The highest BCUT2D eigenvalue weighted by atomic mass is 16.2. The minimum absolute atomic E-state index is 0.212. The van der Waals surface area contributed by atoms with Crippen molar-refractivity contribution >= 4 is 11.9 Å². The average molecular weight is 142 g/mol. The molecule has 4 nitrogen and oxygen atoms in total. The number of nitrogens with zero attached hydrogens (tertiary/aromatic N) is 1. The van der Waals surface area contributed by atoms with Crippen molar-refractivity contribution in [1.82, 2.24) is 4.90 Å². The van der Waals surface area contributed by atoms with Gasteiger partial charge < -0.3 is 5.73 Å². The quantitative estimate of drug-likeness (QED) is 0.419. The number of carbonyl (C=O) groups excluding carboxylic acids is 1. The van der Waals surface area contributed by atoms with Gasteiger partial charge in [0.25, 0.3) is 0 Å². The van der Waals surface area contributed by atoms with E-state index in [9.17, 15) is 4.79 Å². The van der Waals surface area contributed by atoms with Crippen LogP contribution in [0.2, 0.25) is 0 Å². The van der Waals surface area contributed by atoms with Gasteiger partial charge in [-0.1, -0.05) is 6.92 Å². The first-order chi connectivity index (χ1) is 4.59. The summed E-state index contributed by atoms with van der Waals surface area (Å²) < 4.78 is 0. The van der Waals surface area contributed by atoms with Crippen LogP contribution in [0.4, 0.5) is 0 Å². The third kappa shape index (κ3) is 2.48. The Morgan fingerprint density at radius 1 is 1.80 bits per heavy atom. The van der Waals surface area contributed by atoms with E-state index in [4.69, 9.17) is 11.1 Å². The zero-order valence-corrected chi connectivity index (χ0v) is 6.05.